The molecular weight excluding hydrogens is 492 g/mol. The summed E-state index contributed by atoms with van der Waals surface area (Å²) in [6.07, 6.45) is 2.81. The molecule has 0 bridgehead atoms. The molecule has 3 fully saturated rings. The lowest BCUT2D eigenvalue weighted by atomic mass is 10.2. The molecule has 3 saturated heterocycles. The van der Waals surface area contributed by atoms with Gasteiger partial charge in [0.05, 0.1) is 11.0 Å². The number of hydrogen-bond donors (Lipinski definition) is 0. The van der Waals surface area contributed by atoms with Crippen LogP contribution in [0.15, 0.2) is 28.1 Å². The van der Waals surface area contributed by atoms with Gasteiger partial charge in [0, 0.05) is 75.4 Å². The first-order chi connectivity index (χ1) is 15.7. The molecule has 5 heterocycles. The molecule has 3 aliphatic rings. The molecule has 172 valence electrons. The normalized spacial score (nSPS) is 22.5. The van der Waals surface area contributed by atoms with E-state index in [1.807, 2.05) is 16.3 Å². The maximum atomic E-state index is 12.6. The minimum Gasteiger partial charge on any atom is -0.377 e. The number of halogens is 1. The van der Waals surface area contributed by atoms with E-state index < -0.39 is 0 Å². The zero-order valence-electron chi connectivity index (χ0n) is 18.2. The van der Waals surface area contributed by atoms with E-state index in [2.05, 4.69) is 53.0 Å². The van der Waals surface area contributed by atoms with Crippen molar-refractivity contribution in [2.75, 3.05) is 75.3 Å². The molecule has 1 unspecified atom stereocenters. The molecule has 32 heavy (non-hydrogen) atoms. The minimum absolute atomic E-state index is 0.111. The van der Waals surface area contributed by atoms with Crippen LogP contribution in [0.1, 0.15) is 22.5 Å². The van der Waals surface area contributed by atoms with Crippen LogP contribution in [-0.2, 0) is 4.74 Å². The SMILES string of the molecule is O=C(c1cc(Br)cs1)N1CCN(c2ccc(N3CCN(CC4CCCO4)CC3)nn2)CC1. The van der Waals surface area contributed by atoms with Gasteiger partial charge in [0.2, 0.25) is 0 Å². The highest BCUT2D eigenvalue weighted by molar-refractivity contribution is 9.10. The molecule has 5 rings (SSSR count). The van der Waals surface area contributed by atoms with E-state index in [-0.39, 0.29) is 5.91 Å². The summed E-state index contributed by atoms with van der Waals surface area (Å²) >= 11 is 4.91. The number of nitrogens with zero attached hydrogens (tertiary/aromatic N) is 6. The van der Waals surface area contributed by atoms with E-state index >= 15 is 0 Å². The highest BCUT2D eigenvalue weighted by Crippen LogP contribution is 2.23. The molecule has 0 spiro atoms. The van der Waals surface area contributed by atoms with Gasteiger partial charge in [0.15, 0.2) is 11.6 Å². The van der Waals surface area contributed by atoms with Crippen molar-refractivity contribution >= 4 is 44.8 Å². The average molecular weight is 521 g/mol. The molecule has 0 aromatic carbocycles. The van der Waals surface area contributed by atoms with Crippen LogP contribution in [0.5, 0.6) is 0 Å². The summed E-state index contributed by atoms with van der Waals surface area (Å²) in [5.74, 6) is 1.94. The van der Waals surface area contributed by atoms with Crippen LogP contribution in [-0.4, -0.2) is 97.5 Å². The Morgan fingerprint density at radius 3 is 2.22 bits per heavy atom. The number of carbonyl (C=O) groups is 1. The summed E-state index contributed by atoms with van der Waals surface area (Å²) in [5, 5.41) is 11.0. The lowest BCUT2D eigenvalue weighted by Crippen LogP contribution is -2.49. The van der Waals surface area contributed by atoms with Crippen molar-refractivity contribution in [2.24, 2.45) is 0 Å². The Kier molecular flexibility index (Phi) is 6.91. The number of rotatable bonds is 5. The molecule has 10 heteroatoms. The second-order valence-electron chi connectivity index (χ2n) is 8.58. The van der Waals surface area contributed by atoms with Crippen molar-refractivity contribution in [3.63, 3.8) is 0 Å². The van der Waals surface area contributed by atoms with Gasteiger partial charge in [0.1, 0.15) is 0 Å². The van der Waals surface area contributed by atoms with Crippen molar-refractivity contribution < 1.29 is 9.53 Å². The van der Waals surface area contributed by atoms with Crippen LogP contribution in [0.25, 0.3) is 0 Å². The van der Waals surface area contributed by atoms with Crippen LogP contribution in [0.2, 0.25) is 0 Å². The second kappa shape index (κ2) is 10.0. The van der Waals surface area contributed by atoms with Crippen LogP contribution in [0.3, 0.4) is 0 Å². The zero-order chi connectivity index (χ0) is 21.9. The van der Waals surface area contributed by atoms with E-state index in [1.54, 1.807) is 0 Å². The fourth-order valence-corrected chi connectivity index (χ4v) is 6.00. The number of carbonyl (C=O) groups excluding carboxylic acids is 1. The number of amides is 1. The van der Waals surface area contributed by atoms with Gasteiger partial charge in [-0.15, -0.1) is 21.5 Å². The van der Waals surface area contributed by atoms with Gasteiger partial charge >= 0.3 is 0 Å². The first-order valence-electron chi connectivity index (χ1n) is 11.4. The lowest BCUT2D eigenvalue weighted by molar-refractivity contribution is 0.0712. The predicted octanol–water partition coefficient (Wildman–Crippen LogP) is 2.56. The highest BCUT2D eigenvalue weighted by Gasteiger charge is 2.25. The Labute approximate surface area is 201 Å². The highest BCUT2D eigenvalue weighted by atomic mass is 79.9. The van der Waals surface area contributed by atoms with Gasteiger partial charge in [-0.2, -0.15) is 0 Å². The molecule has 1 atom stereocenters. The maximum absolute atomic E-state index is 12.6. The van der Waals surface area contributed by atoms with Crippen LogP contribution in [0.4, 0.5) is 11.6 Å². The summed E-state index contributed by atoms with van der Waals surface area (Å²) in [4.78, 5) is 22.4. The molecule has 3 aliphatic heterocycles. The van der Waals surface area contributed by atoms with Crippen LogP contribution >= 0.6 is 27.3 Å². The first kappa shape index (κ1) is 22.1. The fourth-order valence-electron chi connectivity index (χ4n) is 4.61. The third-order valence-electron chi connectivity index (χ3n) is 6.49. The number of anilines is 2. The maximum Gasteiger partial charge on any atom is 0.264 e. The third kappa shape index (κ3) is 5.08. The van der Waals surface area contributed by atoms with Crippen LogP contribution in [0, 0.1) is 0 Å². The number of thiophene rings is 1. The topological polar surface area (TPSA) is 65.0 Å². The standard InChI is InChI=1S/C22H29BrN6O2S/c23-17-14-19(32-16-17)22(30)29-11-9-28(10-12-29)21-4-3-20(24-25-21)27-7-5-26(6-8-27)15-18-2-1-13-31-18/h3-4,14,16,18H,1-2,5-13,15H2. The molecule has 2 aromatic heterocycles. The van der Waals surface area contributed by atoms with Gasteiger partial charge < -0.3 is 19.4 Å². The van der Waals surface area contributed by atoms with E-state index in [4.69, 9.17) is 4.74 Å². The zero-order valence-corrected chi connectivity index (χ0v) is 20.6. The molecule has 1 amide bonds. The van der Waals surface area contributed by atoms with Crippen molar-refractivity contribution in [1.82, 2.24) is 20.0 Å². The first-order valence-corrected chi connectivity index (χ1v) is 13.0. The van der Waals surface area contributed by atoms with Gasteiger partial charge in [-0.25, -0.2) is 0 Å². The van der Waals surface area contributed by atoms with Crippen molar-refractivity contribution in [1.29, 1.82) is 0 Å². The lowest BCUT2D eigenvalue weighted by Gasteiger charge is -2.37. The number of aromatic nitrogens is 2. The quantitative estimate of drug-likeness (QED) is 0.600. The fraction of sp³-hybridized carbons (Fsp3) is 0.591. The summed E-state index contributed by atoms with van der Waals surface area (Å²) in [7, 11) is 0. The van der Waals surface area contributed by atoms with E-state index in [0.29, 0.717) is 19.2 Å². The third-order valence-corrected chi connectivity index (χ3v) is 8.17. The molecule has 0 aliphatic carbocycles. The number of piperazine rings is 2. The average Bonchev–Trinajstić information content (AvgIpc) is 3.51. The van der Waals surface area contributed by atoms with E-state index in [9.17, 15) is 4.79 Å². The molecule has 0 N–H and O–H groups in total. The molecule has 0 saturated carbocycles. The Bertz CT molecular complexity index is 903. The summed E-state index contributed by atoms with van der Waals surface area (Å²) < 4.78 is 6.74. The summed E-state index contributed by atoms with van der Waals surface area (Å²) in [6.45, 7) is 8.94. The largest absolute Gasteiger partial charge is 0.377 e. The summed E-state index contributed by atoms with van der Waals surface area (Å²) in [6, 6.07) is 6.04. The van der Waals surface area contributed by atoms with Gasteiger partial charge in [-0.05, 0) is 47.0 Å². The monoisotopic (exact) mass is 520 g/mol. The number of hydrogen-bond acceptors (Lipinski definition) is 8. The Balaban J connectivity index is 1.10. The smallest absolute Gasteiger partial charge is 0.264 e. The number of ether oxygens (including phenoxy) is 1. The Morgan fingerprint density at radius 1 is 1.03 bits per heavy atom. The predicted molar refractivity (Wildman–Crippen MR) is 130 cm³/mol. The molecule has 8 nitrogen and oxygen atoms in total. The van der Waals surface area contributed by atoms with E-state index in [0.717, 1.165) is 73.4 Å². The van der Waals surface area contributed by atoms with Gasteiger partial charge in [-0.3, -0.25) is 9.69 Å². The van der Waals surface area contributed by atoms with Gasteiger partial charge in [0.25, 0.3) is 5.91 Å². The Hall–Kier alpha value is -1.75. The van der Waals surface area contributed by atoms with Crippen molar-refractivity contribution in [3.8, 4) is 0 Å². The Morgan fingerprint density at radius 2 is 1.69 bits per heavy atom. The molecule has 0 radical (unpaired) electrons. The van der Waals surface area contributed by atoms with E-state index in [1.165, 1.54) is 24.2 Å². The summed E-state index contributed by atoms with van der Waals surface area (Å²) in [5.41, 5.74) is 0. The molecule has 2 aromatic rings. The molecular formula is C22H29BrN6O2S. The van der Waals surface area contributed by atoms with Gasteiger partial charge in [-0.1, -0.05) is 0 Å². The minimum atomic E-state index is 0.111. The second-order valence-corrected chi connectivity index (χ2v) is 10.4. The van der Waals surface area contributed by atoms with Crippen LogP contribution < -0.4 is 9.80 Å². The van der Waals surface area contributed by atoms with Crippen molar-refractivity contribution in [2.45, 2.75) is 18.9 Å². The van der Waals surface area contributed by atoms with Crippen molar-refractivity contribution in [3.05, 3.63) is 32.9 Å².